The summed E-state index contributed by atoms with van der Waals surface area (Å²) >= 11 is 0. The maximum atomic E-state index is 11.4. The van der Waals surface area contributed by atoms with Crippen LogP contribution in [0, 0.1) is 0 Å². The molecule has 1 fully saturated rings. The summed E-state index contributed by atoms with van der Waals surface area (Å²) in [6, 6.07) is 10.7. The van der Waals surface area contributed by atoms with Crippen molar-refractivity contribution < 1.29 is 19.4 Å². The Hall–Kier alpha value is -2.56. The van der Waals surface area contributed by atoms with Gasteiger partial charge in [0.2, 0.25) is 5.91 Å². The molecule has 1 heterocycles. The maximum Gasteiger partial charge on any atom is 0.339 e. The van der Waals surface area contributed by atoms with Gasteiger partial charge in [0, 0.05) is 11.8 Å². The summed E-state index contributed by atoms with van der Waals surface area (Å²) < 4.78 is 5.75. The number of carboxylic acids is 1. The predicted octanol–water partition coefficient (Wildman–Crippen LogP) is 2.20. The van der Waals surface area contributed by atoms with Gasteiger partial charge in [0.15, 0.2) is 0 Å². The quantitative estimate of drug-likeness (QED) is 0.903. The van der Waals surface area contributed by atoms with Gasteiger partial charge in [-0.15, -0.1) is 0 Å². The lowest BCUT2D eigenvalue weighted by molar-refractivity contribution is -0.119. The second kappa shape index (κ2) is 5.44. The van der Waals surface area contributed by atoms with Crippen LogP contribution in [-0.4, -0.2) is 29.6 Å². The minimum Gasteiger partial charge on any atom is -0.490 e. The summed E-state index contributed by atoms with van der Waals surface area (Å²) in [6.07, 6.45) is 1.21. The van der Waals surface area contributed by atoms with Crippen LogP contribution in [0.15, 0.2) is 36.4 Å². The van der Waals surface area contributed by atoms with E-state index < -0.39 is 5.97 Å². The monoisotopic (exact) mass is 285 g/mol. The van der Waals surface area contributed by atoms with Gasteiger partial charge in [-0.2, -0.15) is 0 Å². The van der Waals surface area contributed by atoms with Crippen molar-refractivity contribution in [3.8, 4) is 5.75 Å². The molecule has 108 valence electrons. The zero-order valence-electron chi connectivity index (χ0n) is 11.3. The third-order valence-corrected chi connectivity index (χ3v) is 3.62. The van der Waals surface area contributed by atoms with Gasteiger partial charge in [-0.05, 0) is 17.9 Å². The summed E-state index contributed by atoms with van der Waals surface area (Å²) in [5.41, 5.74) is 0.137. The molecule has 21 heavy (non-hydrogen) atoms. The third-order valence-electron chi connectivity index (χ3n) is 3.62. The molecule has 1 unspecified atom stereocenters. The zero-order valence-corrected chi connectivity index (χ0v) is 11.3. The van der Waals surface area contributed by atoms with Crippen molar-refractivity contribution in [3.05, 3.63) is 42.0 Å². The molecule has 1 aliphatic rings. The van der Waals surface area contributed by atoms with Crippen molar-refractivity contribution in [1.82, 2.24) is 5.32 Å². The first kappa shape index (κ1) is 13.4. The van der Waals surface area contributed by atoms with E-state index in [2.05, 4.69) is 5.32 Å². The molecule has 0 aromatic heterocycles. The molecule has 0 aliphatic carbocycles. The second-order valence-corrected chi connectivity index (χ2v) is 5.08. The van der Waals surface area contributed by atoms with Crippen molar-refractivity contribution in [3.63, 3.8) is 0 Å². The van der Waals surface area contributed by atoms with Crippen LogP contribution < -0.4 is 10.1 Å². The Bertz CT molecular complexity index is 710. The van der Waals surface area contributed by atoms with Gasteiger partial charge in [0.25, 0.3) is 0 Å². The van der Waals surface area contributed by atoms with Crippen molar-refractivity contribution >= 4 is 22.6 Å². The van der Waals surface area contributed by atoms with Crippen molar-refractivity contribution in [2.75, 3.05) is 6.61 Å². The summed E-state index contributed by atoms with van der Waals surface area (Å²) in [6.45, 7) is 0.278. The number of benzene rings is 2. The Morgan fingerprint density at radius 1 is 1.29 bits per heavy atom. The smallest absolute Gasteiger partial charge is 0.339 e. The predicted molar refractivity (Wildman–Crippen MR) is 77.6 cm³/mol. The Morgan fingerprint density at radius 2 is 2.10 bits per heavy atom. The van der Waals surface area contributed by atoms with Gasteiger partial charge in [-0.1, -0.05) is 30.3 Å². The van der Waals surface area contributed by atoms with Crippen molar-refractivity contribution in [2.24, 2.45) is 0 Å². The highest BCUT2D eigenvalue weighted by Crippen LogP contribution is 2.30. The molecule has 5 nitrogen and oxygen atoms in total. The first-order valence-corrected chi connectivity index (χ1v) is 6.82. The van der Waals surface area contributed by atoms with Crippen LogP contribution in [0.1, 0.15) is 23.2 Å². The number of rotatable bonds is 4. The SMILES string of the molecule is O=C1CCC(COc2c(C(=O)O)ccc3ccccc23)N1. The Balaban J connectivity index is 1.92. The Morgan fingerprint density at radius 3 is 2.81 bits per heavy atom. The van der Waals surface area contributed by atoms with Gasteiger partial charge in [0.05, 0.1) is 6.04 Å². The molecule has 3 rings (SSSR count). The van der Waals surface area contributed by atoms with Crippen molar-refractivity contribution in [1.29, 1.82) is 0 Å². The molecular formula is C16H15NO4. The zero-order chi connectivity index (χ0) is 14.8. The Kier molecular flexibility index (Phi) is 3.48. The normalized spacial score (nSPS) is 17.7. The Labute approximate surface area is 121 Å². The van der Waals surface area contributed by atoms with Crippen molar-refractivity contribution in [2.45, 2.75) is 18.9 Å². The summed E-state index contributed by atoms with van der Waals surface area (Å²) in [5, 5.41) is 13.8. The summed E-state index contributed by atoms with van der Waals surface area (Å²) in [7, 11) is 0. The van der Waals surface area contributed by atoms with E-state index in [-0.39, 0.29) is 24.1 Å². The number of hydrogen-bond donors (Lipinski definition) is 2. The van der Waals surface area contributed by atoms with Crippen LogP contribution in [0.5, 0.6) is 5.75 Å². The number of aromatic carboxylic acids is 1. The molecule has 0 bridgehead atoms. The standard InChI is InChI=1S/C16H15NO4/c18-14-8-6-11(17-14)9-21-15-12-4-2-1-3-10(12)5-7-13(15)16(19)20/h1-5,7,11H,6,8-9H2,(H,17,18)(H,19,20). The molecule has 0 saturated carbocycles. The average molecular weight is 285 g/mol. The van der Waals surface area contributed by atoms with E-state index in [4.69, 9.17) is 4.74 Å². The highest BCUT2D eigenvalue weighted by atomic mass is 16.5. The van der Waals surface area contributed by atoms with Gasteiger partial charge < -0.3 is 15.2 Å². The number of carboxylic acid groups (broad SMARTS) is 1. The number of fused-ring (bicyclic) bond motifs is 1. The molecule has 1 atom stereocenters. The third kappa shape index (κ3) is 2.67. The first-order valence-electron chi connectivity index (χ1n) is 6.82. The number of hydrogen-bond acceptors (Lipinski definition) is 3. The van der Waals surface area contributed by atoms with Gasteiger partial charge in [-0.3, -0.25) is 4.79 Å². The van der Waals surface area contributed by atoms with Crippen LogP contribution in [0.3, 0.4) is 0 Å². The molecule has 0 radical (unpaired) electrons. The van der Waals surface area contributed by atoms with Crippen LogP contribution in [0.25, 0.3) is 10.8 Å². The molecule has 1 saturated heterocycles. The minimum atomic E-state index is -1.02. The first-order chi connectivity index (χ1) is 10.1. The molecule has 2 aromatic carbocycles. The molecule has 2 N–H and O–H groups in total. The van der Waals surface area contributed by atoms with E-state index in [1.165, 1.54) is 0 Å². The molecular weight excluding hydrogens is 270 g/mol. The van der Waals surface area contributed by atoms with E-state index >= 15 is 0 Å². The summed E-state index contributed by atoms with van der Waals surface area (Å²) in [4.78, 5) is 22.6. The lowest BCUT2D eigenvalue weighted by Gasteiger charge is -2.15. The van der Waals surface area contributed by atoms with Gasteiger partial charge >= 0.3 is 5.97 Å². The largest absolute Gasteiger partial charge is 0.490 e. The number of carbonyl (C=O) groups is 2. The van der Waals surface area contributed by atoms with Crippen LogP contribution in [0.4, 0.5) is 0 Å². The van der Waals surface area contributed by atoms with E-state index in [9.17, 15) is 14.7 Å². The minimum absolute atomic E-state index is 0.0139. The molecule has 2 aromatic rings. The van der Waals surface area contributed by atoms with E-state index in [1.807, 2.05) is 24.3 Å². The highest BCUT2D eigenvalue weighted by Gasteiger charge is 2.22. The van der Waals surface area contributed by atoms with E-state index in [1.54, 1.807) is 12.1 Å². The molecule has 5 heteroatoms. The number of carbonyl (C=O) groups excluding carboxylic acids is 1. The number of nitrogens with one attached hydrogen (secondary N) is 1. The van der Waals surface area contributed by atoms with E-state index in [0.29, 0.717) is 18.6 Å². The number of ether oxygens (including phenoxy) is 1. The molecule has 1 amide bonds. The second-order valence-electron chi connectivity index (χ2n) is 5.08. The topological polar surface area (TPSA) is 75.6 Å². The lowest BCUT2D eigenvalue weighted by atomic mass is 10.1. The summed E-state index contributed by atoms with van der Waals surface area (Å²) in [5.74, 6) is -0.645. The average Bonchev–Trinajstić information content (AvgIpc) is 2.90. The van der Waals surface area contributed by atoms with Crippen LogP contribution in [-0.2, 0) is 4.79 Å². The van der Waals surface area contributed by atoms with Crippen LogP contribution >= 0.6 is 0 Å². The lowest BCUT2D eigenvalue weighted by Crippen LogP contribution is -2.31. The molecule has 0 spiro atoms. The molecule has 1 aliphatic heterocycles. The fraction of sp³-hybridized carbons (Fsp3) is 0.250. The fourth-order valence-corrected chi connectivity index (χ4v) is 2.55. The van der Waals surface area contributed by atoms with Crippen LogP contribution in [0.2, 0.25) is 0 Å². The highest BCUT2D eigenvalue weighted by molar-refractivity contribution is 6.00. The van der Waals surface area contributed by atoms with Gasteiger partial charge in [0.1, 0.15) is 17.9 Å². The van der Waals surface area contributed by atoms with Gasteiger partial charge in [-0.25, -0.2) is 4.79 Å². The number of amides is 1. The maximum absolute atomic E-state index is 11.4. The fourth-order valence-electron chi connectivity index (χ4n) is 2.55. The van der Waals surface area contributed by atoms with E-state index in [0.717, 1.165) is 10.8 Å².